The number of hydrogen-bond acceptors (Lipinski definition) is 2. The van der Waals surface area contributed by atoms with Crippen LogP contribution >= 0.6 is 0 Å². The van der Waals surface area contributed by atoms with E-state index in [2.05, 4.69) is 0 Å². The first-order valence-corrected chi connectivity index (χ1v) is 6.09. The van der Waals surface area contributed by atoms with Crippen LogP contribution in [0.15, 0.2) is 12.1 Å². The monoisotopic (exact) mass is 273 g/mol. The Labute approximate surface area is 108 Å². The maximum atomic E-state index is 13.8. The summed E-state index contributed by atoms with van der Waals surface area (Å²) < 4.78 is 39.9. The molecule has 1 aliphatic rings. The van der Waals surface area contributed by atoms with E-state index in [0.717, 1.165) is 6.07 Å². The van der Waals surface area contributed by atoms with Gasteiger partial charge in [0.15, 0.2) is 17.5 Å². The molecule has 0 bridgehead atoms. The summed E-state index contributed by atoms with van der Waals surface area (Å²) in [5.41, 5.74) is 0.0181. The van der Waals surface area contributed by atoms with E-state index in [1.807, 2.05) is 0 Å². The van der Waals surface area contributed by atoms with Gasteiger partial charge in [-0.15, -0.1) is 0 Å². The van der Waals surface area contributed by atoms with Gasteiger partial charge in [0.1, 0.15) is 6.04 Å². The van der Waals surface area contributed by atoms with E-state index in [0.29, 0.717) is 19.4 Å². The number of likely N-dealkylation sites (N-methyl/N-ethyl adjacent to an activating group) is 1. The van der Waals surface area contributed by atoms with Crippen molar-refractivity contribution in [1.82, 2.24) is 4.90 Å². The second-order valence-electron chi connectivity index (χ2n) is 4.54. The molecule has 0 spiro atoms. The summed E-state index contributed by atoms with van der Waals surface area (Å²) in [6, 6.07) is 0.824. The van der Waals surface area contributed by atoms with Crippen LogP contribution in [0, 0.1) is 17.5 Å². The Morgan fingerprint density at radius 2 is 2.00 bits per heavy atom. The quantitative estimate of drug-likeness (QED) is 0.861. The standard InChI is InChI=1S/C13H14F3NO2/c1-2-17-9(5-6-10(17)13(18)19)7-3-4-8(14)12(16)11(7)15/h3-4,9-10H,2,5-6H2,1H3,(H,18,19)/t9?,10-/m1/s1. The molecule has 0 amide bonds. The normalized spacial score (nSPS) is 23.8. The van der Waals surface area contributed by atoms with Crippen molar-refractivity contribution in [3.05, 3.63) is 35.1 Å². The molecule has 0 radical (unpaired) electrons. The summed E-state index contributed by atoms with van der Waals surface area (Å²) in [6.07, 6.45) is 0.777. The summed E-state index contributed by atoms with van der Waals surface area (Å²) in [7, 11) is 0. The summed E-state index contributed by atoms with van der Waals surface area (Å²) in [5, 5.41) is 9.08. The molecule has 2 rings (SSSR count). The second-order valence-corrected chi connectivity index (χ2v) is 4.54. The van der Waals surface area contributed by atoms with E-state index in [1.165, 1.54) is 6.07 Å². The zero-order chi connectivity index (χ0) is 14.2. The average Bonchev–Trinajstić information content (AvgIpc) is 2.80. The molecule has 0 aliphatic carbocycles. The summed E-state index contributed by atoms with van der Waals surface area (Å²) in [4.78, 5) is 12.7. The van der Waals surface area contributed by atoms with Crippen molar-refractivity contribution in [3.8, 4) is 0 Å². The van der Waals surface area contributed by atoms with Crippen molar-refractivity contribution in [2.75, 3.05) is 6.54 Å². The van der Waals surface area contributed by atoms with Gasteiger partial charge in [-0.05, 0) is 25.5 Å². The third kappa shape index (κ3) is 2.32. The highest BCUT2D eigenvalue weighted by Gasteiger charge is 2.39. The Hall–Kier alpha value is -1.56. The van der Waals surface area contributed by atoms with E-state index < -0.39 is 35.5 Å². The molecule has 2 atom stereocenters. The molecule has 1 aromatic rings. The van der Waals surface area contributed by atoms with Crippen LogP contribution in [0.5, 0.6) is 0 Å². The molecular formula is C13H14F3NO2. The number of carboxylic acids is 1. The van der Waals surface area contributed by atoms with E-state index in [4.69, 9.17) is 5.11 Å². The molecule has 19 heavy (non-hydrogen) atoms. The van der Waals surface area contributed by atoms with Crippen molar-refractivity contribution in [2.45, 2.75) is 31.8 Å². The lowest BCUT2D eigenvalue weighted by Crippen LogP contribution is -2.37. The maximum Gasteiger partial charge on any atom is 0.320 e. The number of rotatable bonds is 3. The number of nitrogens with zero attached hydrogens (tertiary/aromatic N) is 1. The number of likely N-dealkylation sites (tertiary alicyclic amines) is 1. The topological polar surface area (TPSA) is 40.5 Å². The van der Waals surface area contributed by atoms with Crippen molar-refractivity contribution in [3.63, 3.8) is 0 Å². The van der Waals surface area contributed by atoms with Gasteiger partial charge in [0, 0.05) is 11.6 Å². The minimum Gasteiger partial charge on any atom is -0.480 e. The molecule has 1 aliphatic heterocycles. The minimum atomic E-state index is -1.51. The first-order valence-electron chi connectivity index (χ1n) is 6.09. The van der Waals surface area contributed by atoms with Gasteiger partial charge in [0.05, 0.1) is 0 Å². The van der Waals surface area contributed by atoms with Crippen LogP contribution in [0.4, 0.5) is 13.2 Å². The Kier molecular flexibility index (Phi) is 3.80. The molecular weight excluding hydrogens is 259 g/mol. The lowest BCUT2D eigenvalue weighted by Gasteiger charge is -2.27. The number of carbonyl (C=O) groups is 1. The Bertz CT molecular complexity index is 507. The molecule has 1 N–H and O–H groups in total. The van der Waals surface area contributed by atoms with Gasteiger partial charge in [0.2, 0.25) is 0 Å². The largest absolute Gasteiger partial charge is 0.480 e. The van der Waals surface area contributed by atoms with Crippen LogP contribution in [-0.2, 0) is 4.79 Å². The maximum absolute atomic E-state index is 13.8. The SMILES string of the molecule is CCN1C(c2ccc(F)c(F)c2F)CC[C@@H]1C(=O)O. The van der Waals surface area contributed by atoms with Gasteiger partial charge in [-0.25, -0.2) is 13.2 Å². The van der Waals surface area contributed by atoms with Gasteiger partial charge in [-0.1, -0.05) is 13.0 Å². The summed E-state index contributed by atoms with van der Waals surface area (Å²) in [6.45, 7) is 2.16. The van der Waals surface area contributed by atoms with Gasteiger partial charge >= 0.3 is 5.97 Å². The van der Waals surface area contributed by atoms with Crippen LogP contribution in [0.2, 0.25) is 0 Å². The molecule has 1 saturated heterocycles. The van der Waals surface area contributed by atoms with Crippen LogP contribution < -0.4 is 0 Å². The van der Waals surface area contributed by atoms with Gasteiger partial charge < -0.3 is 5.11 Å². The van der Waals surface area contributed by atoms with E-state index >= 15 is 0 Å². The second kappa shape index (κ2) is 5.21. The highest BCUT2D eigenvalue weighted by Crippen LogP contribution is 2.37. The molecule has 6 heteroatoms. The fraction of sp³-hybridized carbons (Fsp3) is 0.462. The van der Waals surface area contributed by atoms with Crippen molar-refractivity contribution < 1.29 is 23.1 Å². The highest BCUT2D eigenvalue weighted by atomic mass is 19.2. The van der Waals surface area contributed by atoms with Crippen LogP contribution in [0.3, 0.4) is 0 Å². The predicted molar refractivity (Wildman–Crippen MR) is 62.1 cm³/mol. The van der Waals surface area contributed by atoms with Crippen LogP contribution in [0.25, 0.3) is 0 Å². The van der Waals surface area contributed by atoms with E-state index in [1.54, 1.807) is 11.8 Å². The first kappa shape index (κ1) is 13.9. The van der Waals surface area contributed by atoms with E-state index in [-0.39, 0.29) is 5.56 Å². The number of carboxylic acid groups (broad SMARTS) is 1. The van der Waals surface area contributed by atoms with Crippen molar-refractivity contribution >= 4 is 5.97 Å². The molecule has 104 valence electrons. The van der Waals surface area contributed by atoms with Crippen LogP contribution in [-0.4, -0.2) is 28.6 Å². The minimum absolute atomic E-state index is 0.0181. The Balaban J connectivity index is 2.37. The van der Waals surface area contributed by atoms with Crippen molar-refractivity contribution in [2.24, 2.45) is 0 Å². The first-order chi connectivity index (χ1) is 8.97. The number of halogens is 3. The fourth-order valence-electron chi connectivity index (χ4n) is 2.70. The molecule has 1 aromatic carbocycles. The van der Waals surface area contributed by atoms with E-state index in [9.17, 15) is 18.0 Å². The molecule has 1 unspecified atom stereocenters. The lowest BCUT2D eigenvalue weighted by molar-refractivity contribution is -0.142. The third-order valence-corrected chi connectivity index (χ3v) is 3.59. The zero-order valence-corrected chi connectivity index (χ0v) is 10.4. The summed E-state index contributed by atoms with van der Waals surface area (Å²) >= 11 is 0. The zero-order valence-electron chi connectivity index (χ0n) is 10.4. The number of aliphatic carboxylic acids is 1. The van der Waals surface area contributed by atoms with Gasteiger partial charge in [0.25, 0.3) is 0 Å². The Morgan fingerprint density at radius 3 is 2.58 bits per heavy atom. The summed E-state index contributed by atoms with van der Waals surface area (Å²) in [5.74, 6) is -4.95. The predicted octanol–water partition coefficient (Wildman–Crippen LogP) is 2.71. The highest BCUT2D eigenvalue weighted by molar-refractivity contribution is 5.74. The molecule has 3 nitrogen and oxygen atoms in total. The smallest absolute Gasteiger partial charge is 0.320 e. The average molecular weight is 273 g/mol. The fourth-order valence-corrected chi connectivity index (χ4v) is 2.70. The molecule has 0 aromatic heterocycles. The van der Waals surface area contributed by atoms with Gasteiger partial charge in [-0.2, -0.15) is 0 Å². The van der Waals surface area contributed by atoms with Crippen molar-refractivity contribution in [1.29, 1.82) is 0 Å². The number of benzene rings is 1. The van der Waals surface area contributed by atoms with Gasteiger partial charge in [-0.3, -0.25) is 9.69 Å². The van der Waals surface area contributed by atoms with Crippen LogP contribution in [0.1, 0.15) is 31.4 Å². The number of hydrogen-bond donors (Lipinski definition) is 1. The Morgan fingerprint density at radius 1 is 1.32 bits per heavy atom. The molecule has 1 heterocycles. The molecule has 1 fully saturated rings. The third-order valence-electron chi connectivity index (χ3n) is 3.59. The lowest BCUT2D eigenvalue weighted by atomic mass is 10.0. The molecule has 0 saturated carbocycles.